The normalized spacial score (nSPS) is 15.4. The van der Waals surface area contributed by atoms with Gasteiger partial charge in [-0.15, -0.1) is 0 Å². The summed E-state index contributed by atoms with van der Waals surface area (Å²) < 4.78 is 27.1. The highest BCUT2D eigenvalue weighted by Gasteiger charge is 2.21. The molecule has 29 heavy (non-hydrogen) atoms. The highest BCUT2D eigenvalue weighted by molar-refractivity contribution is 5.80. The molecule has 0 amide bonds. The third-order valence-corrected chi connectivity index (χ3v) is 5.06. The van der Waals surface area contributed by atoms with Crippen molar-refractivity contribution in [3.63, 3.8) is 0 Å². The smallest absolute Gasteiger partial charge is 0.191 e. The lowest BCUT2D eigenvalue weighted by Crippen LogP contribution is -2.49. The van der Waals surface area contributed by atoms with Crippen molar-refractivity contribution < 1.29 is 8.78 Å². The standard InChI is InChI=1S/C22H29F2N5/c1-3-25-22(26-13-10-17-7-5-8-19(23)21(17)24)28-18-11-14-29(15-12-18)20-9-4-6-16(2)27-20/h4-9,18H,3,10-15H2,1-2H3,(H2,25,26,28). The minimum absolute atomic E-state index is 0.319. The Labute approximate surface area is 171 Å². The molecule has 0 saturated carbocycles. The van der Waals surface area contributed by atoms with Gasteiger partial charge in [0.05, 0.1) is 0 Å². The van der Waals surface area contributed by atoms with Gasteiger partial charge < -0.3 is 15.5 Å². The number of guanidine groups is 1. The molecule has 1 aromatic carbocycles. The Hall–Kier alpha value is -2.70. The third kappa shape index (κ3) is 5.89. The summed E-state index contributed by atoms with van der Waals surface area (Å²) >= 11 is 0. The maximum Gasteiger partial charge on any atom is 0.191 e. The number of piperidine rings is 1. The largest absolute Gasteiger partial charge is 0.357 e. The first kappa shape index (κ1) is 21.0. The molecule has 3 rings (SSSR count). The van der Waals surface area contributed by atoms with Crippen LogP contribution in [0.25, 0.3) is 0 Å². The molecule has 0 aliphatic carbocycles. The Bertz CT molecular complexity index is 832. The second-order valence-electron chi connectivity index (χ2n) is 7.27. The Morgan fingerprint density at radius 3 is 2.66 bits per heavy atom. The number of hydrogen-bond acceptors (Lipinski definition) is 3. The zero-order valence-electron chi connectivity index (χ0n) is 17.1. The second kappa shape index (κ2) is 10.2. The fraction of sp³-hybridized carbons (Fsp3) is 0.455. The van der Waals surface area contributed by atoms with Crippen LogP contribution < -0.4 is 15.5 Å². The monoisotopic (exact) mass is 401 g/mol. The SMILES string of the molecule is CCNC(=NCCc1cccc(F)c1F)NC1CCN(c2cccc(C)n2)CC1. The van der Waals surface area contributed by atoms with E-state index >= 15 is 0 Å². The maximum atomic E-state index is 13.8. The molecule has 2 N–H and O–H groups in total. The first-order chi connectivity index (χ1) is 14.1. The summed E-state index contributed by atoms with van der Waals surface area (Å²) in [6, 6.07) is 10.7. The highest BCUT2D eigenvalue weighted by atomic mass is 19.2. The van der Waals surface area contributed by atoms with E-state index in [9.17, 15) is 8.78 Å². The summed E-state index contributed by atoms with van der Waals surface area (Å²) in [5, 5.41) is 6.71. The van der Waals surface area contributed by atoms with Crippen molar-refractivity contribution in [2.75, 3.05) is 31.1 Å². The molecule has 7 heteroatoms. The van der Waals surface area contributed by atoms with Crippen LogP contribution in [0.5, 0.6) is 0 Å². The molecule has 0 spiro atoms. The van der Waals surface area contributed by atoms with Gasteiger partial charge in [0.1, 0.15) is 5.82 Å². The first-order valence-electron chi connectivity index (χ1n) is 10.2. The molecule has 0 atom stereocenters. The molecule has 5 nitrogen and oxygen atoms in total. The van der Waals surface area contributed by atoms with Crippen LogP contribution in [-0.2, 0) is 6.42 Å². The van der Waals surface area contributed by atoms with Crippen LogP contribution >= 0.6 is 0 Å². The lowest BCUT2D eigenvalue weighted by Gasteiger charge is -2.34. The molecule has 1 fully saturated rings. The zero-order valence-corrected chi connectivity index (χ0v) is 17.1. The third-order valence-electron chi connectivity index (χ3n) is 5.06. The van der Waals surface area contributed by atoms with Gasteiger partial charge in [-0.3, -0.25) is 4.99 Å². The first-order valence-corrected chi connectivity index (χ1v) is 10.2. The molecule has 1 aromatic heterocycles. The van der Waals surface area contributed by atoms with Crippen molar-refractivity contribution in [3.8, 4) is 0 Å². The van der Waals surface area contributed by atoms with Crippen LogP contribution in [0.1, 0.15) is 31.0 Å². The lowest BCUT2D eigenvalue weighted by atomic mass is 10.1. The molecule has 1 aliphatic heterocycles. The summed E-state index contributed by atoms with van der Waals surface area (Å²) in [4.78, 5) is 11.5. The molecule has 0 bridgehead atoms. The van der Waals surface area contributed by atoms with Gasteiger partial charge in [-0.1, -0.05) is 18.2 Å². The van der Waals surface area contributed by atoms with Crippen LogP contribution in [0.4, 0.5) is 14.6 Å². The number of hydrogen-bond donors (Lipinski definition) is 2. The minimum atomic E-state index is -0.814. The molecule has 2 heterocycles. The average molecular weight is 402 g/mol. The average Bonchev–Trinajstić information content (AvgIpc) is 2.72. The fourth-order valence-electron chi connectivity index (χ4n) is 3.50. The fourth-order valence-corrected chi connectivity index (χ4v) is 3.50. The van der Waals surface area contributed by atoms with Crippen LogP contribution in [0.2, 0.25) is 0 Å². The van der Waals surface area contributed by atoms with Crippen molar-refractivity contribution in [1.29, 1.82) is 0 Å². The molecule has 0 radical (unpaired) electrons. The topological polar surface area (TPSA) is 52.6 Å². The predicted molar refractivity (Wildman–Crippen MR) is 113 cm³/mol. The Kier molecular flexibility index (Phi) is 7.38. The molecule has 2 aromatic rings. The van der Waals surface area contributed by atoms with Gasteiger partial charge in [0.2, 0.25) is 0 Å². The van der Waals surface area contributed by atoms with Crippen molar-refractivity contribution in [2.45, 2.75) is 39.2 Å². The summed E-state index contributed by atoms with van der Waals surface area (Å²) in [6.45, 7) is 7.01. The number of benzene rings is 1. The van der Waals surface area contributed by atoms with E-state index in [4.69, 9.17) is 0 Å². The Morgan fingerprint density at radius 1 is 1.17 bits per heavy atom. The predicted octanol–water partition coefficient (Wildman–Crippen LogP) is 3.43. The minimum Gasteiger partial charge on any atom is -0.357 e. The summed E-state index contributed by atoms with van der Waals surface area (Å²) in [6.07, 6.45) is 2.33. The zero-order chi connectivity index (χ0) is 20.6. The van der Waals surface area contributed by atoms with Crippen molar-refractivity contribution in [3.05, 3.63) is 59.3 Å². The molecule has 1 aliphatic rings. The van der Waals surface area contributed by atoms with E-state index in [-0.39, 0.29) is 0 Å². The van der Waals surface area contributed by atoms with Crippen LogP contribution in [-0.4, -0.2) is 43.2 Å². The number of rotatable bonds is 6. The van der Waals surface area contributed by atoms with Crippen molar-refractivity contribution >= 4 is 11.8 Å². The number of nitrogens with one attached hydrogen (secondary N) is 2. The quantitative estimate of drug-likeness (QED) is 0.575. The van der Waals surface area contributed by atoms with E-state index < -0.39 is 11.6 Å². The molecule has 1 saturated heterocycles. The van der Waals surface area contributed by atoms with E-state index in [1.807, 2.05) is 26.0 Å². The van der Waals surface area contributed by atoms with Gasteiger partial charge in [-0.05, 0) is 56.9 Å². The van der Waals surface area contributed by atoms with Crippen LogP contribution in [0, 0.1) is 18.6 Å². The Morgan fingerprint density at radius 2 is 1.93 bits per heavy atom. The van der Waals surface area contributed by atoms with Gasteiger partial charge in [-0.2, -0.15) is 0 Å². The number of aryl methyl sites for hydroxylation is 1. The van der Waals surface area contributed by atoms with E-state index in [1.165, 1.54) is 6.07 Å². The van der Waals surface area contributed by atoms with Gasteiger partial charge >= 0.3 is 0 Å². The molecule has 156 valence electrons. The highest BCUT2D eigenvalue weighted by Crippen LogP contribution is 2.18. The van der Waals surface area contributed by atoms with Gasteiger partial charge in [-0.25, -0.2) is 13.8 Å². The molecular weight excluding hydrogens is 372 g/mol. The number of pyridine rings is 1. The number of halogens is 2. The van der Waals surface area contributed by atoms with Crippen molar-refractivity contribution in [2.24, 2.45) is 4.99 Å². The number of aliphatic imine (C=N–C) groups is 1. The summed E-state index contributed by atoms with van der Waals surface area (Å²) in [5.74, 6) is 0.154. The van der Waals surface area contributed by atoms with Gasteiger partial charge in [0, 0.05) is 37.9 Å². The molecule has 0 unspecified atom stereocenters. The van der Waals surface area contributed by atoms with Gasteiger partial charge in [0.25, 0.3) is 0 Å². The van der Waals surface area contributed by atoms with E-state index in [2.05, 4.69) is 31.6 Å². The molecular formula is C22H29F2N5. The van der Waals surface area contributed by atoms with E-state index in [0.717, 1.165) is 56.0 Å². The van der Waals surface area contributed by atoms with E-state index in [0.29, 0.717) is 24.6 Å². The summed E-state index contributed by atoms with van der Waals surface area (Å²) in [7, 11) is 0. The van der Waals surface area contributed by atoms with Crippen LogP contribution in [0.3, 0.4) is 0 Å². The van der Waals surface area contributed by atoms with Crippen LogP contribution in [0.15, 0.2) is 41.4 Å². The second-order valence-corrected chi connectivity index (χ2v) is 7.27. The van der Waals surface area contributed by atoms with Gasteiger partial charge in [0.15, 0.2) is 17.6 Å². The maximum absolute atomic E-state index is 13.8. The summed E-state index contributed by atoms with van der Waals surface area (Å²) in [5.41, 5.74) is 1.38. The number of anilines is 1. The van der Waals surface area contributed by atoms with E-state index in [1.54, 1.807) is 6.07 Å². The number of nitrogens with zero attached hydrogens (tertiary/aromatic N) is 3. The van der Waals surface area contributed by atoms with Crippen molar-refractivity contribution in [1.82, 2.24) is 15.6 Å². The Balaban J connectivity index is 1.52. The lowest BCUT2D eigenvalue weighted by molar-refractivity contribution is 0.459. The number of aromatic nitrogens is 1.